The zero-order valence-corrected chi connectivity index (χ0v) is 15.9. The molecule has 0 amide bonds. The summed E-state index contributed by atoms with van der Waals surface area (Å²) in [4.78, 5) is -0.0392. The fourth-order valence-corrected chi connectivity index (χ4v) is 3.52. The highest BCUT2D eigenvalue weighted by atomic mass is 32.2. The second-order valence-electron chi connectivity index (χ2n) is 5.71. The van der Waals surface area contributed by atoms with Gasteiger partial charge in [0, 0.05) is 11.6 Å². The molecule has 3 rings (SSSR count). The molecule has 0 aliphatic carbocycles. The summed E-state index contributed by atoms with van der Waals surface area (Å²) in [6.07, 6.45) is 0. The molecule has 0 saturated carbocycles. The summed E-state index contributed by atoms with van der Waals surface area (Å²) in [6, 6.07) is 12.1. The van der Waals surface area contributed by atoms with Crippen LogP contribution in [-0.4, -0.2) is 32.8 Å². The van der Waals surface area contributed by atoms with Crippen LogP contribution in [0.5, 0.6) is 11.5 Å². The van der Waals surface area contributed by atoms with Gasteiger partial charge in [-0.25, -0.2) is 13.1 Å². The Morgan fingerprint density at radius 3 is 2.44 bits per heavy atom. The van der Waals surface area contributed by atoms with E-state index in [4.69, 9.17) is 13.9 Å². The van der Waals surface area contributed by atoms with Gasteiger partial charge in [0.05, 0.1) is 20.8 Å². The van der Waals surface area contributed by atoms with Crippen molar-refractivity contribution in [1.82, 2.24) is 14.9 Å². The molecule has 2 aromatic carbocycles. The minimum Gasteiger partial charge on any atom is -0.497 e. The van der Waals surface area contributed by atoms with Crippen LogP contribution in [0.4, 0.5) is 0 Å². The molecule has 9 heteroatoms. The van der Waals surface area contributed by atoms with E-state index < -0.39 is 10.0 Å². The Kier molecular flexibility index (Phi) is 5.43. The average molecular weight is 389 g/mol. The predicted octanol–water partition coefficient (Wildman–Crippen LogP) is 2.54. The maximum atomic E-state index is 12.6. The molecule has 3 aromatic rings. The molecule has 0 radical (unpaired) electrons. The van der Waals surface area contributed by atoms with Gasteiger partial charge >= 0.3 is 0 Å². The second kappa shape index (κ2) is 7.77. The first kappa shape index (κ1) is 18.9. The maximum absolute atomic E-state index is 12.6. The highest BCUT2D eigenvalue weighted by molar-refractivity contribution is 7.89. The number of nitrogens with one attached hydrogen (secondary N) is 1. The van der Waals surface area contributed by atoms with E-state index in [0.29, 0.717) is 11.6 Å². The van der Waals surface area contributed by atoms with Gasteiger partial charge in [-0.15, -0.1) is 10.2 Å². The van der Waals surface area contributed by atoms with Crippen molar-refractivity contribution in [1.29, 1.82) is 0 Å². The summed E-state index contributed by atoms with van der Waals surface area (Å²) in [5, 5.41) is 7.84. The number of benzene rings is 2. The summed E-state index contributed by atoms with van der Waals surface area (Å²) >= 11 is 0. The summed E-state index contributed by atoms with van der Waals surface area (Å²) in [6.45, 7) is 1.83. The van der Waals surface area contributed by atoms with Gasteiger partial charge < -0.3 is 13.9 Å². The zero-order chi connectivity index (χ0) is 19.4. The number of aromatic nitrogens is 2. The number of aryl methyl sites for hydroxylation is 1. The molecule has 0 spiro atoms. The molecule has 1 N–H and O–H groups in total. The highest BCUT2D eigenvalue weighted by Crippen LogP contribution is 2.28. The van der Waals surface area contributed by atoms with Gasteiger partial charge in [0.15, 0.2) is 0 Å². The fraction of sp³-hybridized carbons (Fsp3) is 0.222. The molecular weight excluding hydrogens is 370 g/mol. The number of rotatable bonds is 7. The van der Waals surface area contributed by atoms with Crippen molar-refractivity contribution in [2.45, 2.75) is 18.4 Å². The van der Waals surface area contributed by atoms with Gasteiger partial charge in [0.25, 0.3) is 0 Å². The van der Waals surface area contributed by atoms with Crippen LogP contribution in [0.25, 0.3) is 11.5 Å². The van der Waals surface area contributed by atoms with Crippen molar-refractivity contribution in [2.24, 2.45) is 0 Å². The monoisotopic (exact) mass is 389 g/mol. The van der Waals surface area contributed by atoms with Crippen LogP contribution in [-0.2, 0) is 16.6 Å². The van der Waals surface area contributed by atoms with Gasteiger partial charge in [-0.2, -0.15) is 0 Å². The molecule has 1 aromatic heterocycles. The third-order valence-corrected chi connectivity index (χ3v) is 5.26. The minimum atomic E-state index is -3.88. The Labute approximate surface area is 157 Å². The SMILES string of the molecule is COc1ccc(OC)c(S(=O)(=O)NCc2nnc(-c3ccc(C)cc3)o2)c1. The largest absolute Gasteiger partial charge is 0.497 e. The summed E-state index contributed by atoms with van der Waals surface area (Å²) < 4.78 is 43.4. The van der Waals surface area contributed by atoms with E-state index in [1.807, 2.05) is 31.2 Å². The molecule has 1 heterocycles. The molecule has 142 valence electrons. The minimum absolute atomic E-state index is 0.0392. The molecule has 0 aliphatic heterocycles. The van der Waals surface area contributed by atoms with E-state index in [1.54, 1.807) is 6.07 Å². The lowest BCUT2D eigenvalue weighted by atomic mass is 10.1. The van der Waals surface area contributed by atoms with Crippen molar-refractivity contribution in [2.75, 3.05) is 14.2 Å². The predicted molar refractivity (Wildman–Crippen MR) is 98.0 cm³/mol. The summed E-state index contributed by atoms with van der Waals surface area (Å²) in [7, 11) is -1.03. The van der Waals surface area contributed by atoms with Crippen molar-refractivity contribution < 1.29 is 22.3 Å². The van der Waals surface area contributed by atoms with E-state index in [0.717, 1.165) is 11.1 Å². The van der Waals surface area contributed by atoms with Gasteiger partial charge in [-0.3, -0.25) is 0 Å². The van der Waals surface area contributed by atoms with Crippen LogP contribution in [0.1, 0.15) is 11.5 Å². The van der Waals surface area contributed by atoms with Gasteiger partial charge in [0.2, 0.25) is 21.8 Å². The molecule has 0 atom stereocenters. The Morgan fingerprint density at radius 2 is 1.78 bits per heavy atom. The lowest BCUT2D eigenvalue weighted by Crippen LogP contribution is -2.24. The lowest BCUT2D eigenvalue weighted by Gasteiger charge is -2.11. The summed E-state index contributed by atoms with van der Waals surface area (Å²) in [5.41, 5.74) is 1.87. The number of hydrogen-bond acceptors (Lipinski definition) is 7. The van der Waals surface area contributed by atoms with Crippen LogP contribution in [0, 0.1) is 6.92 Å². The zero-order valence-electron chi connectivity index (χ0n) is 15.1. The Balaban J connectivity index is 1.77. The maximum Gasteiger partial charge on any atom is 0.247 e. The smallest absolute Gasteiger partial charge is 0.247 e. The van der Waals surface area contributed by atoms with E-state index >= 15 is 0 Å². The summed E-state index contributed by atoms with van der Waals surface area (Å²) in [5.74, 6) is 1.07. The molecule has 0 aliphatic rings. The van der Waals surface area contributed by atoms with E-state index in [1.165, 1.54) is 26.4 Å². The van der Waals surface area contributed by atoms with Crippen LogP contribution in [0.3, 0.4) is 0 Å². The molecular formula is C18H19N3O5S. The van der Waals surface area contributed by atoms with Gasteiger partial charge in [-0.1, -0.05) is 17.7 Å². The highest BCUT2D eigenvalue weighted by Gasteiger charge is 2.21. The van der Waals surface area contributed by atoms with Gasteiger partial charge in [0.1, 0.15) is 16.4 Å². The molecule has 27 heavy (non-hydrogen) atoms. The lowest BCUT2D eigenvalue weighted by molar-refractivity contribution is 0.391. The third kappa shape index (κ3) is 4.26. The normalized spacial score (nSPS) is 11.4. The molecule has 8 nitrogen and oxygen atoms in total. The number of ether oxygens (including phenoxy) is 2. The Bertz CT molecular complexity index is 1030. The third-order valence-electron chi connectivity index (χ3n) is 3.84. The van der Waals surface area contributed by atoms with Crippen LogP contribution < -0.4 is 14.2 Å². The molecule has 0 bridgehead atoms. The number of methoxy groups -OCH3 is 2. The van der Waals surface area contributed by atoms with Crippen molar-refractivity contribution >= 4 is 10.0 Å². The van der Waals surface area contributed by atoms with Crippen molar-refractivity contribution in [3.05, 3.63) is 53.9 Å². The first-order valence-electron chi connectivity index (χ1n) is 8.04. The first-order chi connectivity index (χ1) is 12.9. The molecule has 0 unspecified atom stereocenters. The number of sulfonamides is 1. The topological polar surface area (TPSA) is 104 Å². The Hall–Kier alpha value is -2.91. The van der Waals surface area contributed by atoms with Crippen LogP contribution >= 0.6 is 0 Å². The first-order valence-corrected chi connectivity index (χ1v) is 9.52. The molecule has 0 fully saturated rings. The average Bonchev–Trinajstić information content (AvgIpc) is 3.15. The second-order valence-corrected chi connectivity index (χ2v) is 7.44. The van der Waals surface area contributed by atoms with Gasteiger partial charge in [-0.05, 0) is 31.2 Å². The number of nitrogens with zero attached hydrogens (tertiary/aromatic N) is 2. The molecule has 0 saturated heterocycles. The van der Waals surface area contributed by atoms with Crippen molar-refractivity contribution in [3.8, 4) is 23.0 Å². The van der Waals surface area contributed by atoms with E-state index in [9.17, 15) is 8.42 Å². The van der Waals surface area contributed by atoms with Crippen molar-refractivity contribution in [3.63, 3.8) is 0 Å². The number of hydrogen-bond donors (Lipinski definition) is 1. The van der Waals surface area contributed by atoms with E-state index in [2.05, 4.69) is 14.9 Å². The van der Waals surface area contributed by atoms with Crippen LogP contribution in [0.15, 0.2) is 51.8 Å². The van der Waals surface area contributed by atoms with Crippen LogP contribution in [0.2, 0.25) is 0 Å². The fourth-order valence-electron chi connectivity index (χ4n) is 2.37. The standard InChI is InChI=1S/C18H19N3O5S/c1-12-4-6-13(7-5-12)18-21-20-17(26-18)11-19-27(22,23)16-10-14(24-2)8-9-15(16)25-3/h4-10,19H,11H2,1-3H3. The van der Waals surface area contributed by atoms with E-state index in [-0.39, 0.29) is 23.1 Å². The Morgan fingerprint density at radius 1 is 1.04 bits per heavy atom. The quantitative estimate of drug-likeness (QED) is 0.662.